The van der Waals surface area contributed by atoms with Gasteiger partial charge in [0.25, 0.3) is 5.91 Å². The summed E-state index contributed by atoms with van der Waals surface area (Å²) in [7, 11) is 0. The first kappa shape index (κ1) is 12.1. The van der Waals surface area contributed by atoms with Crippen LogP contribution in [0.2, 0.25) is 0 Å². The molecule has 0 unspecified atom stereocenters. The maximum absolute atomic E-state index is 12.0. The molecule has 1 amide bonds. The van der Waals surface area contributed by atoms with Gasteiger partial charge in [-0.25, -0.2) is 4.98 Å². The van der Waals surface area contributed by atoms with Gasteiger partial charge in [-0.1, -0.05) is 25.1 Å². The Kier molecular flexibility index (Phi) is 3.57. The molecule has 0 radical (unpaired) electrons. The largest absolute Gasteiger partial charge is 0.384 e. The number of benzene rings is 1. The zero-order valence-corrected chi connectivity index (χ0v) is 10.2. The number of nitrogens with one attached hydrogen (secondary N) is 1. The molecule has 0 saturated carbocycles. The van der Waals surface area contributed by atoms with Crippen LogP contribution in [-0.4, -0.2) is 10.9 Å². The number of rotatable bonds is 3. The van der Waals surface area contributed by atoms with Crippen molar-refractivity contribution in [1.29, 1.82) is 0 Å². The van der Waals surface area contributed by atoms with E-state index in [0.717, 1.165) is 17.7 Å². The van der Waals surface area contributed by atoms with Crippen LogP contribution in [0.1, 0.15) is 22.8 Å². The molecule has 0 aliphatic carbocycles. The molecular weight excluding hydrogens is 226 g/mol. The Hall–Kier alpha value is -2.36. The molecule has 2 rings (SSSR count). The highest BCUT2D eigenvalue weighted by Gasteiger charge is 2.08. The van der Waals surface area contributed by atoms with Gasteiger partial charge in [-0.15, -0.1) is 0 Å². The van der Waals surface area contributed by atoms with Gasteiger partial charge in [0.1, 0.15) is 5.82 Å². The van der Waals surface area contributed by atoms with Gasteiger partial charge in [-0.2, -0.15) is 0 Å². The first-order chi connectivity index (χ1) is 8.70. The van der Waals surface area contributed by atoms with E-state index >= 15 is 0 Å². The molecule has 4 nitrogen and oxygen atoms in total. The molecule has 0 spiro atoms. The number of anilines is 2. The van der Waals surface area contributed by atoms with Crippen molar-refractivity contribution in [3.8, 4) is 0 Å². The summed E-state index contributed by atoms with van der Waals surface area (Å²) in [5.41, 5.74) is 8.00. The number of aryl methyl sites for hydroxylation is 1. The smallest absolute Gasteiger partial charge is 0.255 e. The lowest BCUT2D eigenvalue weighted by Crippen LogP contribution is -2.13. The Balaban J connectivity index is 2.21. The van der Waals surface area contributed by atoms with Crippen LogP contribution in [-0.2, 0) is 6.42 Å². The molecule has 1 aromatic carbocycles. The second kappa shape index (κ2) is 5.31. The predicted octanol–water partition coefficient (Wildman–Crippen LogP) is 2.48. The number of nitrogens with zero attached hydrogens (tertiary/aromatic N) is 1. The second-order valence-corrected chi connectivity index (χ2v) is 3.93. The van der Waals surface area contributed by atoms with Crippen LogP contribution in [0.15, 0.2) is 42.6 Å². The summed E-state index contributed by atoms with van der Waals surface area (Å²) in [4.78, 5) is 15.9. The minimum Gasteiger partial charge on any atom is -0.384 e. The number of nitrogens with two attached hydrogens (primary N) is 1. The van der Waals surface area contributed by atoms with Gasteiger partial charge in [0.05, 0.1) is 0 Å². The van der Waals surface area contributed by atoms with E-state index in [9.17, 15) is 4.79 Å². The van der Waals surface area contributed by atoms with Crippen molar-refractivity contribution in [2.24, 2.45) is 0 Å². The van der Waals surface area contributed by atoms with Crippen LogP contribution in [0.3, 0.4) is 0 Å². The lowest BCUT2D eigenvalue weighted by Gasteiger charge is -2.09. The maximum Gasteiger partial charge on any atom is 0.255 e. The van der Waals surface area contributed by atoms with Crippen molar-refractivity contribution in [1.82, 2.24) is 4.98 Å². The van der Waals surface area contributed by atoms with Crippen molar-refractivity contribution in [2.45, 2.75) is 13.3 Å². The Bertz CT molecular complexity index is 566. The van der Waals surface area contributed by atoms with Crippen LogP contribution in [0, 0.1) is 0 Å². The number of nitrogen functional groups attached to an aromatic ring is 1. The first-order valence-corrected chi connectivity index (χ1v) is 5.81. The summed E-state index contributed by atoms with van der Waals surface area (Å²) in [6.07, 6.45) is 2.39. The average molecular weight is 241 g/mol. The molecule has 18 heavy (non-hydrogen) atoms. The molecule has 0 aliphatic heterocycles. The van der Waals surface area contributed by atoms with E-state index in [1.54, 1.807) is 12.1 Å². The molecule has 0 saturated heterocycles. The normalized spacial score (nSPS) is 10.1. The Morgan fingerprint density at radius 3 is 2.83 bits per heavy atom. The molecule has 0 fully saturated rings. The number of hydrogen-bond donors (Lipinski definition) is 2. The molecule has 3 N–H and O–H groups in total. The third-order valence-corrected chi connectivity index (χ3v) is 2.69. The van der Waals surface area contributed by atoms with Gasteiger partial charge in [0, 0.05) is 17.4 Å². The standard InChI is InChI=1S/C14H15N3O/c1-2-10-5-3-4-6-12(10)17-14(18)11-7-8-16-13(15)9-11/h3-9H,2H2,1H3,(H2,15,16)(H,17,18). The van der Waals surface area contributed by atoms with Crippen molar-refractivity contribution < 1.29 is 4.79 Å². The quantitative estimate of drug-likeness (QED) is 0.867. The fourth-order valence-electron chi connectivity index (χ4n) is 1.73. The second-order valence-electron chi connectivity index (χ2n) is 3.93. The molecule has 0 bridgehead atoms. The fourth-order valence-corrected chi connectivity index (χ4v) is 1.73. The highest BCUT2D eigenvalue weighted by molar-refractivity contribution is 6.04. The fraction of sp³-hybridized carbons (Fsp3) is 0.143. The average Bonchev–Trinajstić information content (AvgIpc) is 2.39. The highest BCUT2D eigenvalue weighted by Crippen LogP contribution is 2.16. The Labute approximate surface area is 106 Å². The van der Waals surface area contributed by atoms with Crippen molar-refractivity contribution in [3.05, 3.63) is 53.7 Å². The zero-order chi connectivity index (χ0) is 13.0. The van der Waals surface area contributed by atoms with Gasteiger partial charge in [-0.05, 0) is 30.2 Å². The van der Waals surface area contributed by atoms with E-state index in [-0.39, 0.29) is 5.91 Å². The van der Waals surface area contributed by atoms with E-state index in [4.69, 9.17) is 5.73 Å². The molecule has 92 valence electrons. The molecule has 0 atom stereocenters. The van der Waals surface area contributed by atoms with Gasteiger partial charge in [0.2, 0.25) is 0 Å². The number of carbonyl (C=O) groups is 1. The van der Waals surface area contributed by atoms with Crippen LogP contribution in [0.4, 0.5) is 11.5 Å². The van der Waals surface area contributed by atoms with Crippen LogP contribution in [0.25, 0.3) is 0 Å². The zero-order valence-electron chi connectivity index (χ0n) is 10.2. The summed E-state index contributed by atoms with van der Waals surface area (Å²) in [6, 6.07) is 10.9. The number of amides is 1. The Morgan fingerprint density at radius 2 is 2.11 bits per heavy atom. The highest BCUT2D eigenvalue weighted by atomic mass is 16.1. The van der Waals surface area contributed by atoms with Gasteiger partial charge in [-0.3, -0.25) is 4.79 Å². The summed E-state index contributed by atoms with van der Waals surface area (Å²) in [6.45, 7) is 2.05. The lowest BCUT2D eigenvalue weighted by atomic mass is 10.1. The number of carbonyl (C=O) groups excluding carboxylic acids is 1. The van der Waals surface area contributed by atoms with E-state index in [0.29, 0.717) is 11.4 Å². The van der Waals surface area contributed by atoms with E-state index < -0.39 is 0 Å². The molecule has 2 aromatic rings. The third kappa shape index (κ3) is 2.66. The number of para-hydroxylation sites is 1. The molecule has 0 aliphatic rings. The minimum atomic E-state index is -0.176. The first-order valence-electron chi connectivity index (χ1n) is 5.81. The minimum absolute atomic E-state index is 0.176. The summed E-state index contributed by atoms with van der Waals surface area (Å²) in [5.74, 6) is 0.163. The number of aromatic nitrogens is 1. The Morgan fingerprint density at radius 1 is 1.33 bits per heavy atom. The van der Waals surface area contributed by atoms with Crippen LogP contribution in [0.5, 0.6) is 0 Å². The monoisotopic (exact) mass is 241 g/mol. The van der Waals surface area contributed by atoms with E-state index in [1.807, 2.05) is 24.3 Å². The molecule has 4 heteroatoms. The summed E-state index contributed by atoms with van der Waals surface area (Å²) in [5, 5.41) is 2.88. The van der Waals surface area contributed by atoms with Crippen molar-refractivity contribution in [3.63, 3.8) is 0 Å². The summed E-state index contributed by atoms with van der Waals surface area (Å²) < 4.78 is 0. The summed E-state index contributed by atoms with van der Waals surface area (Å²) >= 11 is 0. The van der Waals surface area contributed by atoms with Gasteiger partial charge >= 0.3 is 0 Å². The van der Waals surface area contributed by atoms with Crippen molar-refractivity contribution in [2.75, 3.05) is 11.1 Å². The molecular formula is C14H15N3O. The number of pyridine rings is 1. The topological polar surface area (TPSA) is 68.0 Å². The lowest BCUT2D eigenvalue weighted by molar-refractivity contribution is 0.102. The van der Waals surface area contributed by atoms with Crippen molar-refractivity contribution >= 4 is 17.4 Å². The van der Waals surface area contributed by atoms with Crippen LogP contribution < -0.4 is 11.1 Å². The SMILES string of the molecule is CCc1ccccc1NC(=O)c1ccnc(N)c1. The molecule has 1 aromatic heterocycles. The van der Waals surface area contributed by atoms with Crippen LogP contribution >= 0.6 is 0 Å². The number of hydrogen-bond acceptors (Lipinski definition) is 3. The predicted molar refractivity (Wildman–Crippen MR) is 72.4 cm³/mol. The maximum atomic E-state index is 12.0. The van der Waals surface area contributed by atoms with Gasteiger partial charge in [0.15, 0.2) is 0 Å². The molecule has 1 heterocycles. The van der Waals surface area contributed by atoms with E-state index in [1.165, 1.54) is 6.20 Å². The van der Waals surface area contributed by atoms with Gasteiger partial charge < -0.3 is 11.1 Å². The van der Waals surface area contributed by atoms with E-state index in [2.05, 4.69) is 17.2 Å². The third-order valence-electron chi connectivity index (χ3n) is 2.69.